The number of hydrogen-bond acceptors (Lipinski definition) is 4. The van der Waals surface area contributed by atoms with Crippen molar-refractivity contribution in [1.29, 1.82) is 0 Å². The van der Waals surface area contributed by atoms with Crippen LogP contribution in [0, 0.1) is 0 Å². The van der Waals surface area contributed by atoms with Gasteiger partial charge in [0.1, 0.15) is 6.04 Å². The lowest BCUT2D eigenvalue weighted by atomic mass is 9.63. The molecule has 2 aliphatic rings. The van der Waals surface area contributed by atoms with E-state index in [1.807, 2.05) is 30.3 Å². The van der Waals surface area contributed by atoms with E-state index in [0.717, 1.165) is 24.8 Å². The van der Waals surface area contributed by atoms with Crippen LogP contribution in [0.25, 0.3) is 0 Å². The molecule has 2 amide bonds. The minimum Gasteiger partial charge on any atom is -0.344 e. The SMILES string of the molecule is CC(NC(=O)C1(c2ccccc2)CCC1)C(=O)N1CCS(=O)(=O)CC1. The standard InChI is InChI=1S/C18H24N2O4S/c1-14(16(21)20-10-12-25(23,24)13-11-20)19-17(22)18(8-5-9-18)15-6-3-2-4-7-15/h2-4,6-7,14H,5,8-13H2,1H3,(H,19,22). The van der Waals surface area contributed by atoms with Gasteiger partial charge in [0.2, 0.25) is 11.8 Å². The van der Waals surface area contributed by atoms with E-state index in [2.05, 4.69) is 5.32 Å². The van der Waals surface area contributed by atoms with Gasteiger partial charge in [-0.25, -0.2) is 8.42 Å². The zero-order valence-electron chi connectivity index (χ0n) is 14.4. The third-order valence-corrected chi connectivity index (χ3v) is 6.95. The van der Waals surface area contributed by atoms with E-state index >= 15 is 0 Å². The van der Waals surface area contributed by atoms with Gasteiger partial charge in [-0.05, 0) is 25.3 Å². The number of nitrogens with zero attached hydrogens (tertiary/aromatic N) is 1. The lowest BCUT2D eigenvalue weighted by Gasteiger charge is -2.41. The second-order valence-corrected chi connectivity index (χ2v) is 9.28. The summed E-state index contributed by atoms with van der Waals surface area (Å²) in [6.07, 6.45) is 2.56. The van der Waals surface area contributed by atoms with E-state index in [1.54, 1.807) is 6.92 Å². The van der Waals surface area contributed by atoms with Crippen LogP contribution in [-0.2, 0) is 24.8 Å². The number of nitrogens with one attached hydrogen (secondary N) is 1. The molecule has 1 N–H and O–H groups in total. The van der Waals surface area contributed by atoms with Gasteiger partial charge in [-0.1, -0.05) is 36.8 Å². The van der Waals surface area contributed by atoms with Crippen LogP contribution >= 0.6 is 0 Å². The zero-order valence-corrected chi connectivity index (χ0v) is 15.2. The number of sulfone groups is 1. The van der Waals surface area contributed by atoms with Crippen LogP contribution in [0.15, 0.2) is 30.3 Å². The molecule has 1 aliphatic carbocycles. The van der Waals surface area contributed by atoms with Crippen molar-refractivity contribution >= 4 is 21.7 Å². The molecule has 1 aromatic carbocycles. The number of hydrogen-bond donors (Lipinski definition) is 1. The fourth-order valence-electron chi connectivity index (χ4n) is 3.54. The van der Waals surface area contributed by atoms with E-state index in [0.29, 0.717) is 0 Å². The number of amides is 2. The van der Waals surface area contributed by atoms with E-state index in [9.17, 15) is 18.0 Å². The van der Waals surface area contributed by atoms with Crippen molar-refractivity contribution in [3.8, 4) is 0 Å². The summed E-state index contributed by atoms with van der Waals surface area (Å²) in [7, 11) is -3.03. The second-order valence-electron chi connectivity index (χ2n) is 6.97. The summed E-state index contributed by atoms with van der Waals surface area (Å²) >= 11 is 0. The third-order valence-electron chi connectivity index (χ3n) is 5.34. The summed E-state index contributed by atoms with van der Waals surface area (Å²) in [6, 6.07) is 9.03. The molecule has 1 aliphatic heterocycles. The fourth-order valence-corrected chi connectivity index (χ4v) is 4.74. The van der Waals surface area contributed by atoms with E-state index in [-0.39, 0.29) is 36.4 Å². The lowest BCUT2D eigenvalue weighted by Crippen LogP contribution is -2.56. The monoisotopic (exact) mass is 364 g/mol. The lowest BCUT2D eigenvalue weighted by molar-refractivity contribution is -0.138. The second kappa shape index (κ2) is 6.78. The predicted octanol–water partition coefficient (Wildman–Crippen LogP) is 0.870. The number of carbonyl (C=O) groups excluding carboxylic acids is 2. The van der Waals surface area contributed by atoms with E-state index < -0.39 is 21.3 Å². The summed E-state index contributed by atoms with van der Waals surface area (Å²) in [5, 5.41) is 2.86. The number of benzene rings is 1. The van der Waals surface area contributed by atoms with Gasteiger partial charge in [0, 0.05) is 13.1 Å². The Bertz CT molecular complexity index is 743. The summed E-state index contributed by atoms with van der Waals surface area (Å²) < 4.78 is 23.0. The Morgan fingerprint density at radius 3 is 2.24 bits per heavy atom. The molecule has 0 bridgehead atoms. The van der Waals surface area contributed by atoms with Crippen LogP contribution in [0.3, 0.4) is 0 Å². The highest BCUT2D eigenvalue weighted by Gasteiger charge is 2.46. The minimum atomic E-state index is -3.03. The Morgan fingerprint density at radius 1 is 1.12 bits per heavy atom. The highest BCUT2D eigenvalue weighted by atomic mass is 32.2. The van der Waals surface area contributed by atoms with Crippen LogP contribution < -0.4 is 5.32 Å². The van der Waals surface area contributed by atoms with Crippen LogP contribution in [-0.4, -0.2) is 55.8 Å². The number of rotatable bonds is 4. The molecule has 2 fully saturated rings. The molecule has 0 radical (unpaired) electrons. The topological polar surface area (TPSA) is 83.6 Å². The molecule has 0 spiro atoms. The largest absolute Gasteiger partial charge is 0.344 e. The molecular weight excluding hydrogens is 340 g/mol. The summed E-state index contributed by atoms with van der Waals surface area (Å²) in [5.74, 6) is -0.345. The molecule has 0 aromatic heterocycles. The molecular formula is C18H24N2O4S. The van der Waals surface area contributed by atoms with E-state index in [1.165, 1.54) is 4.90 Å². The quantitative estimate of drug-likeness (QED) is 0.859. The van der Waals surface area contributed by atoms with Crippen molar-refractivity contribution < 1.29 is 18.0 Å². The maximum Gasteiger partial charge on any atom is 0.244 e. The Labute approximate surface area is 148 Å². The van der Waals surface area contributed by atoms with Crippen molar-refractivity contribution in [2.24, 2.45) is 0 Å². The Balaban J connectivity index is 1.65. The van der Waals surface area contributed by atoms with Crippen molar-refractivity contribution in [3.05, 3.63) is 35.9 Å². The normalized spacial score (nSPS) is 22.5. The van der Waals surface area contributed by atoms with Crippen molar-refractivity contribution in [2.45, 2.75) is 37.6 Å². The number of carbonyl (C=O) groups is 2. The molecule has 1 unspecified atom stereocenters. The predicted molar refractivity (Wildman–Crippen MR) is 94.8 cm³/mol. The fraction of sp³-hybridized carbons (Fsp3) is 0.556. The smallest absolute Gasteiger partial charge is 0.244 e. The average Bonchev–Trinajstić information content (AvgIpc) is 2.54. The van der Waals surface area contributed by atoms with Gasteiger partial charge in [-0.15, -0.1) is 0 Å². The third kappa shape index (κ3) is 3.56. The van der Waals surface area contributed by atoms with Crippen molar-refractivity contribution in [3.63, 3.8) is 0 Å². The molecule has 1 saturated carbocycles. The van der Waals surface area contributed by atoms with E-state index in [4.69, 9.17) is 0 Å². The zero-order chi connectivity index (χ0) is 18.1. The Hall–Kier alpha value is -1.89. The van der Waals surface area contributed by atoms with Crippen molar-refractivity contribution in [1.82, 2.24) is 10.2 Å². The molecule has 136 valence electrons. The molecule has 1 atom stereocenters. The van der Waals surface area contributed by atoms with Crippen LogP contribution in [0.4, 0.5) is 0 Å². The van der Waals surface area contributed by atoms with Gasteiger partial charge < -0.3 is 10.2 Å². The van der Waals surface area contributed by atoms with Crippen LogP contribution in [0.2, 0.25) is 0 Å². The van der Waals surface area contributed by atoms with Gasteiger partial charge in [0.25, 0.3) is 0 Å². The first-order chi connectivity index (χ1) is 11.8. The summed E-state index contributed by atoms with van der Waals surface area (Å²) in [4.78, 5) is 26.9. The first-order valence-corrected chi connectivity index (χ1v) is 10.5. The van der Waals surface area contributed by atoms with Gasteiger partial charge >= 0.3 is 0 Å². The molecule has 7 heteroatoms. The maximum atomic E-state index is 12.9. The Kier molecular flexibility index (Phi) is 4.86. The first-order valence-electron chi connectivity index (χ1n) is 8.70. The molecule has 1 heterocycles. The van der Waals surface area contributed by atoms with Crippen LogP contribution in [0.1, 0.15) is 31.7 Å². The first kappa shape index (κ1) is 17.9. The van der Waals surface area contributed by atoms with Crippen LogP contribution in [0.5, 0.6) is 0 Å². The molecule has 25 heavy (non-hydrogen) atoms. The molecule has 6 nitrogen and oxygen atoms in total. The molecule has 3 rings (SSSR count). The molecule has 1 aromatic rings. The van der Waals surface area contributed by atoms with Gasteiger partial charge in [-0.3, -0.25) is 9.59 Å². The minimum absolute atomic E-state index is 0.00659. The van der Waals surface area contributed by atoms with Gasteiger partial charge in [-0.2, -0.15) is 0 Å². The highest BCUT2D eigenvalue weighted by molar-refractivity contribution is 7.91. The van der Waals surface area contributed by atoms with Crippen molar-refractivity contribution in [2.75, 3.05) is 24.6 Å². The molecule has 1 saturated heterocycles. The van der Waals surface area contributed by atoms with Gasteiger partial charge in [0.15, 0.2) is 9.84 Å². The summed E-state index contributed by atoms with van der Waals surface area (Å²) in [5.41, 5.74) is 0.448. The summed E-state index contributed by atoms with van der Waals surface area (Å²) in [6.45, 7) is 2.07. The highest BCUT2D eigenvalue weighted by Crippen LogP contribution is 2.43. The van der Waals surface area contributed by atoms with Gasteiger partial charge in [0.05, 0.1) is 16.9 Å². The average molecular weight is 364 g/mol. The maximum absolute atomic E-state index is 12.9. The Morgan fingerprint density at radius 2 is 1.72 bits per heavy atom.